The third-order valence-electron chi connectivity index (χ3n) is 4.44. The minimum Gasteiger partial charge on any atom is -0.369 e. The highest BCUT2D eigenvalue weighted by Gasteiger charge is 2.10. The lowest BCUT2D eigenvalue weighted by Crippen LogP contribution is -2.25. The Kier molecular flexibility index (Phi) is 9.01. The number of nitrogens with one attached hydrogen (secondary N) is 1. The summed E-state index contributed by atoms with van der Waals surface area (Å²) in [5, 5.41) is 31.1. The Balaban J connectivity index is 2.11. The van der Waals surface area contributed by atoms with Crippen LogP contribution in [0.3, 0.4) is 0 Å². The van der Waals surface area contributed by atoms with Crippen molar-refractivity contribution < 1.29 is 4.79 Å². The van der Waals surface area contributed by atoms with E-state index in [0.717, 1.165) is 11.3 Å². The van der Waals surface area contributed by atoms with Crippen molar-refractivity contribution in [2.75, 3.05) is 18.0 Å². The quantitative estimate of drug-likeness (QED) is 0.292. The predicted molar refractivity (Wildman–Crippen MR) is 120 cm³/mol. The molecule has 0 fully saturated rings. The summed E-state index contributed by atoms with van der Waals surface area (Å²) < 4.78 is 0. The van der Waals surface area contributed by atoms with Crippen LogP contribution in [-0.4, -0.2) is 24.7 Å². The third-order valence-corrected chi connectivity index (χ3v) is 4.44. The molecule has 31 heavy (non-hydrogen) atoms. The first kappa shape index (κ1) is 22.9. The van der Waals surface area contributed by atoms with Gasteiger partial charge in [0.25, 0.3) is 5.91 Å². The van der Waals surface area contributed by atoms with Gasteiger partial charge in [0.05, 0.1) is 30.7 Å². The van der Waals surface area contributed by atoms with Crippen molar-refractivity contribution in [2.45, 2.75) is 19.8 Å². The summed E-state index contributed by atoms with van der Waals surface area (Å²) in [6.45, 7) is 2.82. The SMILES string of the molecule is C/C(=N\NC(=O)/C(C#N)=C\c1ccc(N(CCC#N)CCC#N)cc1)c1ccccc1. The van der Waals surface area contributed by atoms with Crippen molar-refractivity contribution >= 4 is 23.4 Å². The number of carbonyl (C=O) groups is 1. The molecular weight excluding hydrogens is 388 g/mol. The zero-order valence-electron chi connectivity index (χ0n) is 17.2. The van der Waals surface area contributed by atoms with Crippen molar-refractivity contribution in [3.8, 4) is 18.2 Å². The van der Waals surface area contributed by atoms with Gasteiger partial charge in [-0.2, -0.15) is 20.9 Å². The Labute approximate surface area is 182 Å². The van der Waals surface area contributed by atoms with E-state index in [1.165, 1.54) is 6.08 Å². The number of hydrazone groups is 1. The molecule has 0 aromatic heterocycles. The van der Waals surface area contributed by atoms with Gasteiger partial charge in [-0.15, -0.1) is 0 Å². The van der Waals surface area contributed by atoms with Crippen molar-refractivity contribution in [3.05, 3.63) is 71.3 Å². The van der Waals surface area contributed by atoms with E-state index < -0.39 is 5.91 Å². The molecule has 2 aromatic rings. The largest absolute Gasteiger partial charge is 0.369 e. The first-order valence-corrected chi connectivity index (χ1v) is 9.69. The number of amides is 1. The fourth-order valence-corrected chi connectivity index (χ4v) is 2.78. The molecule has 7 nitrogen and oxygen atoms in total. The van der Waals surface area contributed by atoms with Gasteiger partial charge in [-0.25, -0.2) is 5.43 Å². The molecule has 0 unspecified atom stereocenters. The summed E-state index contributed by atoms with van der Waals surface area (Å²) >= 11 is 0. The van der Waals surface area contributed by atoms with E-state index in [1.54, 1.807) is 19.1 Å². The van der Waals surface area contributed by atoms with E-state index in [-0.39, 0.29) is 5.57 Å². The molecule has 7 heteroatoms. The molecule has 0 spiro atoms. The normalized spacial score (nSPS) is 11.0. The second-order valence-corrected chi connectivity index (χ2v) is 6.57. The number of rotatable bonds is 9. The van der Waals surface area contributed by atoms with E-state index in [4.69, 9.17) is 10.5 Å². The van der Waals surface area contributed by atoms with Gasteiger partial charge in [0.15, 0.2) is 0 Å². The smallest absolute Gasteiger partial charge is 0.282 e. The van der Waals surface area contributed by atoms with Gasteiger partial charge in [-0.3, -0.25) is 4.79 Å². The predicted octanol–water partition coefficient (Wildman–Crippen LogP) is 3.77. The number of nitriles is 3. The summed E-state index contributed by atoms with van der Waals surface area (Å²) in [4.78, 5) is 14.3. The van der Waals surface area contributed by atoms with Gasteiger partial charge >= 0.3 is 0 Å². The van der Waals surface area contributed by atoms with Crippen LogP contribution in [-0.2, 0) is 4.79 Å². The number of anilines is 1. The van der Waals surface area contributed by atoms with Crippen LogP contribution in [0.1, 0.15) is 30.9 Å². The molecule has 0 atom stereocenters. The molecular formula is C24H22N6O. The highest BCUT2D eigenvalue weighted by atomic mass is 16.2. The van der Waals surface area contributed by atoms with E-state index in [1.807, 2.05) is 53.4 Å². The van der Waals surface area contributed by atoms with Crippen LogP contribution in [0.4, 0.5) is 5.69 Å². The Morgan fingerprint density at radius 1 is 1.00 bits per heavy atom. The molecule has 2 rings (SSSR count). The molecule has 1 N–H and O–H groups in total. The maximum absolute atomic E-state index is 12.3. The number of nitrogens with zero attached hydrogens (tertiary/aromatic N) is 5. The minimum atomic E-state index is -0.591. The van der Waals surface area contributed by atoms with Crippen molar-refractivity contribution in [2.24, 2.45) is 5.10 Å². The number of hydrogen-bond donors (Lipinski definition) is 1. The van der Waals surface area contributed by atoms with Gasteiger partial charge in [0.1, 0.15) is 11.6 Å². The summed E-state index contributed by atoms with van der Waals surface area (Å²) in [5.41, 5.74) is 5.40. The number of hydrogen-bond acceptors (Lipinski definition) is 6. The molecule has 0 saturated heterocycles. The van der Waals surface area contributed by atoms with Gasteiger partial charge in [0.2, 0.25) is 0 Å². The van der Waals surface area contributed by atoms with Crippen LogP contribution in [0.15, 0.2) is 65.3 Å². The average Bonchev–Trinajstić information content (AvgIpc) is 2.82. The van der Waals surface area contributed by atoms with Crippen LogP contribution in [0.5, 0.6) is 0 Å². The highest BCUT2D eigenvalue weighted by molar-refractivity contribution is 6.04. The Morgan fingerprint density at radius 3 is 2.16 bits per heavy atom. The van der Waals surface area contributed by atoms with Crippen LogP contribution in [0.25, 0.3) is 6.08 Å². The van der Waals surface area contributed by atoms with E-state index in [0.29, 0.717) is 37.2 Å². The van der Waals surface area contributed by atoms with E-state index in [9.17, 15) is 10.1 Å². The lowest BCUT2D eigenvalue weighted by Gasteiger charge is -2.22. The fourth-order valence-electron chi connectivity index (χ4n) is 2.78. The van der Waals surface area contributed by atoms with Crippen LogP contribution in [0.2, 0.25) is 0 Å². The standard InChI is InChI=1S/C24H22N6O/c1-19(21-7-3-2-4-8-21)28-29-24(31)22(18-27)17-20-9-11-23(12-10-20)30(15-5-13-25)16-6-14-26/h2-4,7-12,17H,5-6,15-16H2,1H3,(H,29,31)/b22-17-,28-19+. The molecule has 0 aliphatic heterocycles. The second kappa shape index (κ2) is 12.2. The first-order valence-electron chi connectivity index (χ1n) is 9.69. The minimum absolute atomic E-state index is 0.0665. The van der Waals surface area contributed by atoms with Crippen LogP contribution >= 0.6 is 0 Å². The summed E-state index contributed by atoms with van der Waals surface area (Å²) in [6.07, 6.45) is 2.20. The topological polar surface area (TPSA) is 116 Å². The van der Waals surface area contributed by atoms with Crippen LogP contribution < -0.4 is 10.3 Å². The van der Waals surface area contributed by atoms with Crippen LogP contribution in [0, 0.1) is 34.0 Å². The molecule has 2 aromatic carbocycles. The molecule has 0 aliphatic rings. The molecule has 0 bridgehead atoms. The maximum atomic E-state index is 12.3. The molecule has 0 heterocycles. The van der Waals surface area contributed by atoms with Gasteiger partial charge in [-0.1, -0.05) is 42.5 Å². The lowest BCUT2D eigenvalue weighted by atomic mass is 10.1. The highest BCUT2D eigenvalue weighted by Crippen LogP contribution is 2.18. The van der Waals surface area contributed by atoms with Gasteiger partial charge in [-0.05, 0) is 36.3 Å². The zero-order valence-corrected chi connectivity index (χ0v) is 17.2. The monoisotopic (exact) mass is 410 g/mol. The molecule has 154 valence electrons. The molecule has 0 aliphatic carbocycles. The summed E-state index contributed by atoms with van der Waals surface area (Å²) in [7, 11) is 0. The lowest BCUT2D eigenvalue weighted by molar-refractivity contribution is -0.117. The van der Waals surface area contributed by atoms with Crippen molar-refractivity contribution in [1.29, 1.82) is 15.8 Å². The summed E-state index contributed by atoms with van der Waals surface area (Å²) in [6, 6.07) is 22.8. The zero-order chi connectivity index (χ0) is 22.5. The van der Waals surface area contributed by atoms with Crippen molar-refractivity contribution in [1.82, 2.24) is 5.43 Å². The maximum Gasteiger partial charge on any atom is 0.282 e. The Bertz CT molecular complexity index is 1050. The first-order chi connectivity index (χ1) is 15.1. The molecule has 0 saturated carbocycles. The number of carbonyl (C=O) groups excluding carboxylic acids is 1. The Morgan fingerprint density at radius 2 is 1.61 bits per heavy atom. The van der Waals surface area contributed by atoms with Crippen molar-refractivity contribution in [3.63, 3.8) is 0 Å². The van der Waals surface area contributed by atoms with E-state index in [2.05, 4.69) is 22.7 Å². The molecule has 1 amide bonds. The molecule has 0 radical (unpaired) electrons. The fraction of sp³-hybridized carbons (Fsp3) is 0.208. The van der Waals surface area contributed by atoms with Gasteiger partial charge in [0, 0.05) is 18.8 Å². The van der Waals surface area contributed by atoms with E-state index >= 15 is 0 Å². The second-order valence-electron chi connectivity index (χ2n) is 6.57. The summed E-state index contributed by atoms with van der Waals surface area (Å²) in [5.74, 6) is -0.591. The Hall–Kier alpha value is -4.41. The average molecular weight is 410 g/mol. The number of benzene rings is 2. The third kappa shape index (κ3) is 7.16. The van der Waals surface area contributed by atoms with Gasteiger partial charge < -0.3 is 4.90 Å².